The average Bonchev–Trinajstić information content (AvgIpc) is 3.25. The van der Waals surface area contributed by atoms with Crippen LogP contribution in [0.1, 0.15) is 57.6 Å². The van der Waals surface area contributed by atoms with Gasteiger partial charge in [0.2, 0.25) is 5.91 Å². The molecule has 0 bridgehead atoms. The summed E-state index contributed by atoms with van der Waals surface area (Å²) in [4.78, 5) is 33.5. The standard InChI is InChI=1S/C26H31N7O3S/c1-17-14-32(24(34)25(3)8-10-37(25,35)36)18(2)13-31(17)22-21-23(30-16-29-22)33(15-26(21)6-4-7-26)20-11-19(12-27)5-9-28-20/h5,9,11,16-18H,4,6-8,10,13-15H2,1-3H3/t17-,18+,25-/m0/s1. The van der Waals surface area contributed by atoms with Crippen molar-refractivity contribution in [1.29, 1.82) is 5.26 Å². The Balaban J connectivity index is 1.34. The first-order valence-electron chi connectivity index (χ1n) is 12.9. The summed E-state index contributed by atoms with van der Waals surface area (Å²) in [5.74, 6) is 2.23. The van der Waals surface area contributed by atoms with E-state index in [0.29, 0.717) is 30.9 Å². The Bertz CT molecular complexity index is 1430. The van der Waals surface area contributed by atoms with E-state index in [1.54, 1.807) is 36.5 Å². The Morgan fingerprint density at radius 3 is 2.49 bits per heavy atom. The molecule has 1 saturated carbocycles. The average molecular weight is 522 g/mol. The molecule has 1 amide bonds. The number of nitrogens with zero attached hydrogens (tertiary/aromatic N) is 7. The SMILES string of the molecule is C[C@@H]1CN(c2ncnc3c2C2(CCC2)CN3c2cc(C#N)ccn2)[C@@H](C)CN1C(=O)[C@]1(C)CCS1(=O)=O. The molecule has 5 heterocycles. The summed E-state index contributed by atoms with van der Waals surface area (Å²) in [6, 6.07) is 5.49. The molecular weight excluding hydrogens is 490 g/mol. The van der Waals surface area contributed by atoms with Crippen LogP contribution in [-0.2, 0) is 20.0 Å². The van der Waals surface area contributed by atoms with Gasteiger partial charge in [-0.15, -0.1) is 0 Å². The van der Waals surface area contributed by atoms with E-state index >= 15 is 0 Å². The molecule has 1 aliphatic carbocycles. The van der Waals surface area contributed by atoms with Crippen LogP contribution >= 0.6 is 0 Å². The number of sulfone groups is 1. The molecule has 2 aromatic heterocycles. The molecule has 4 aliphatic rings. The van der Waals surface area contributed by atoms with Crippen molar-refractivity contribution in [3.63, 3.8) is 0 Å². The van der Waals surface area contributed by atoms with Gasteiger partial charge in [-0.1, -0.05) is 6.42 Å². The quantitative estimate of drug-likeness (QED) is 0.598. The maximum absolute atomic E-state index is 13.4. The number of hydrogen-bond acceptors (Lipinski definition) is 9. The van der Waals surface area contributed by atoms with Crippen molar-refractivity contribution in [3.05, 3.63) is 35.8 Å². The zero-order valence-corrected chi connectivity index (χ0v) is 22.2. The molecular formula is C26H31N7O3S. The van der Waals surface area contributed by atoms with E-state index < -0.39 is 14.6 Å². The first kappa shape index (κ1) is 24.1. The third kappa shape index (κ3) is 3.38. The molecule has 6 rings (SSSR count). The molecule has 2 aromatic rings. The van der Waals surface area contributed by atoms with Crippen molar-refractivity contribution in [2.75, 3.05) is 35.2 Å². The first-order chi connectivity index (χ1) is 17.6. The normalized spacial score (nSPS) is 29.3. The summed E-state index contributed by atoms with van der Waals surface area (Å²) in [7, 11) is -3.39. The number of carbonyl (C=O) groups is 1. The maximum Gasteiger partial charge on any atom is 0.244 e. The predicted molar refractivity (Wildman–Crippen MR) is 138 cm³/mol. The Kier molecular flexibility index (Phi) is 5.29. The van der Waals surface area contributed by atoms with Gasteiger partial charge in [-0.3, -0.25) is 4.79 Å². The van der Waals surface area contributed by atoms with E-state index in [9.17, 15) is 18.5 Å². The first-order valence-corrected chi connectivity index (χ1v) is 14.5. The molecule has 2 saturated heterocycles. The van der Waals surface area contributed by atoms with E-state index in [1.807, 2.05) is 6.92 Å². The Morgan fingerprint density at radius 1 is 1.11 bits per heavy atom. The largest absolute Gasteiger partial charge is 0.350 e. The van der Waals surface area contributed by atoms with E-state index in [0.717, 1.165) is 43.0 Å². The van der Waals surface area contributed by atoms with E-state index in [1.165, 1.54) is 0 Å². The fourth-order valence-corrected chi connectivity index (χ4v) is 7.91. The van der Waals surface area contributed by atoms with Gasteiger partial charge < -0.3 is 14.7 Å². The molecule has 3 atom stereocenters. The minimum absolute atomic E-state index is 0.0447. The molecule has 1 spiro atoms. The molecule has 0 aromatic carbocycles. The van der Waals surface area contributed by atoms with Crippen LogP contribution in [0.2, 0.25) is 0 Å². The van der Waals surface area contributed by atoms with Crippen molar-refractivity contribution < 1.29 is 13.2 Å². The lowest BCUT2D eigenvalue weighted by Gasteiger charge is -2.49. The molecule has 37 heavy (non-hydrogen) atoms. The van der Waals surface area contributed by atoms with Gasteiger partial charge in [0, 0.05) is 48.9 Å². The molecule has 3 aliphatic heterocycles. The topological polar surface area (TPSA) is 123 Å². The minimum Gasteiger partial charge on any atom is -0.350 e. The van der Waals surface area contributed by atoms with Crippen LogP contribution in [0.25, 0.3) is 0 Å². The Labute approximate surface area is 217 Å². The van der Waals surface area contributed by atoms with Gasteiger partial charge in [-0.2, -0.15) is 5.26 Å². The lowest BCUT2D eigenvalue weighted by Crippen LogP contribution is -2.66. The molecule has 0 unspecified atom stereocenters. The summed E-state index contributed by atoms with van der Waals surface area (Å²) in [6.07, 6.45) is 6.83. The van der Waals surface area contributed by atoms with Crippen LogP contribution < -0.4 is 9.80 Å². The third-order valence-electron chi connectivity index (χ3n) is 9.02. The zero-order chi connectivity index (χ0) is 26.2. The number of piperazine rings is 1. The van der Waals surface area contributed by atoms with E-state index in [4.69, 9.17) is 9.97 Å². The van der Waals surface area contributed by atoms with Gasteiger partial charge in [-0.25, -0.2) is 23.4 Å². The van der Waals surface area contributed by atoms with Crippen LogP contribution in [-0.4, -0.2) is 76.4 Å². The maximum atomic E-state index is 13.4. The van der Waals surface area contributed by atoms with E-state index in [2.05, 4.69) is 27.8 Å². The molecule has 0 radical (unpaired) electrons. The molecule has 194 valence electrons. The number of carbonyl (C=O) groups excluding carboxylic acids is 1. The van der Waals surface area contributed by atoms with Crippen molar-refractivity contribution in [3.8, 4) is 6.07 Å². The summed E-state index contributed by atoms with van der Waals surface area (Å²) in [5.41, 5.74) is 1.61. The van der Waals surface area contributed by atoms with Gasteiger partial charge >= 0.3 is 0 Å². The highest BCUT2D eigenvalue weighted by Crippen LogP contribution is 2.56. The molecule has 10 nitrogen and oxygen atoms in total. The van der Waals surface area contributed by atoms with Gasteiger partial charge in [0.05, 0.1) is 17.4 Å². The van der Waals surface area contributed by atoms with Crippen LogP contribution in [0.5, 0.6) is 0 Å². The van der Waals surface area contributed by atoms with Crippen LogP contribution in [0.15, 0.2) is 24.7 Å². The predicted octanol–water partition coefficient (Wildman–Crippen LogP) is 2.32. The van der Waals surface area contributed by atoms with Crippen molar-refractivity contribution in [2.24, 2.45) is 0 Å². The highest BCUT2D eigenvalue weighted by molar-refractivity contribution is 7.95. The highest BCUT2D eigenvalue weighted by Gasteiger charge is 2.57. The third-order valence-corrected chi connectivity index (χ3v) is 11.5. The fraction of sp³-hybridized carbons (Fsp3) is 0.577. The summed E-state index contributed by atoms with van der Waals surface area (Å²) in [5, 5.41) is 9.40. The van der Waals surface area contributed by atoms with Gasteiger partial charge in [0.25, 0.3) is 0 Å². The summed E-state index contributed by atoms with van der Waals surface area (Å²) < 4.78 is 23.5. The second kappa shape index (κ2) is 8.12. The number of aromatic nitrogens is 3. The number of amides is 1. The number of rotatable bonds is 3. The lowest BCUT2D eigenvalue weighted by molar-refractivity contribution is -0.137. The fourth-order valence-electron chi connectivity index (χ4n) is 6.38. The molecule has 0 N–H and O–H groups in total. The Morgan fingerprint density at radius 2 is 1.86 bits per heavy atom. The van der Waals surface area contributed by atoms with Gasteiger partial charge in [0.15, 0.2) is 9.84 Å². The van der Waals surface area contributed by atoms with Gasteiger partial charge in [0.1, 0.15) is 28.5 Å². The van der Waals surface area contributed by atoms with Crippen LogP contribution in [0.4, 0.5) is 17.5 Å². The lowest BCUT2D eigenvalue weighted by atomic mass is 9.66. The number of anilines is 3. The van der Waals surface area contributed by atoms with Crippen molar-refractivity contribution in [2.45, 2.75) is 68.7 Å². The highest BCUT2D eigenvalue weighted by atomic mass is 32.2. The van der Waals surface area contributed by atoms with Gasteiger partial charge in [-0.05, 0) is 52.2 Å². The Hall–Kier alpha value is -3.26. The van der Waals surface area contributed by atoms with Crippen LogP contribution in [0.3, 0.4) is 0 Å². The second-order valence-corrected chi connectivity index (χ2v) is 13.8. The monoisotopic (exact) mass is 521 g/mol. The van der Waals surface area contributed by atoms with Crippen molar-refractivity contribution >= 4 is 33.2 Å². The number of fused-ring (bicyclic) bond motifs is 2. The number of nitriles is 1. The van der Waals surface area contributed by atoms with Crippen molar-refractivity contribution in [1.82, 2.24) is 19.9 Å². The van der Waals surface area contributed by atoms with Crippen LogP contribution in [0, 0.1) is 11.3 Å². The second-order valence-electron chi connectivity index (χ2n) is 11.2. The number of hydrogen-bond donors (Lipinski definition) is 0. The summed E-state index contributed by atoms with van der Waals surface area (Å²) >= 11 is 0. The molecule has 11 heteroatoms. The summed E-state index contributed by atoms with van der Waals surface area (Å²) in [6.45, 7) is 7.36. The minimum atomic E-state index is -3.39. The molecule has 3 fully saturated rings. The zero-order valence-electron chi connectivity index (χ0n) is 21.4. The number of pyridine rings is 1. The smallest absolute Gasteiger partial charge is 0.244 e. The van der Waals surface area contributed by atoms with E-state index in [-0.39, 0.29) is 29.2 Å².